The van der Waals surface area contributed by atoms with E-state index in [1.807, 2.05) is 19.9 Å². The van der Waals surface area contributed by atoms with Crippen molar-refractivity contribution in [1.29, 1.82) is 0 Å². The Bertz CT molecular complexity index is 1550. The summed E-state index contributed by atoms with van der Waals surface area (Å²) in [5, 5.41) is 13.1. The number of nitrogens with zero attached hydrogens (tertiary/aromatic N) is 2. The summed E-state index contributed by atoms with van der Waals surface area (Å²) in [6, 6.07) is 21.5. The quantitative estimate of drug-likeness (QED) is 0.349. The standard InChI is InChI=1S/C35H45N3O7S/c1-25-22-38(26(2)24-39)35(41)31-21-29(36-34(40)28-14-7-5-8-15-28)18-19-32(31)45-27(3)13-11-12-20-44-33(25)23-37(4)46(42,43)30-16-9-6-10-17-30/h5-10,14-19,21,25-27,33,39H,11-13,20,22-24H2,1-4H3,(H,36,40)/t25-,26+,27-,33-/m1/s1. The molecule has 0 spiro atoms. The maximum absolute atomic E-state index is 14.3. The van der Waals surface area contributed by atoms with Gasteiger partial charge in [-0.1, -0.05) is 43.3 Å². The SMILES string of the molecule is C[C@@H]1CCCCO[C@H](CN(C)S(=O)(=O)c2ccccc2)[C@H](C)CN([C@@H](C)CO)C(=O)c2cc(NC(=O)c3ccccc3)ccc2O1. The number of hydrogen-bond acceptors (Lipinski definition) is 7. The first-order valence-corrected chi connectivity index (χ1v) is 17.2. The molecule has 11 heteroatoms. The minimum atomic E-state index is -3.77. The second kappa shape index (κ2) is 16.2. The summed E-state index contributed by atoms with van der Waals surface area (Å²) in [6.45, 7) is 6.00. The highest BCUT2D eigenvalue weighted by Crippen LogP contribution is 2.29. The van der Waals surface area contributed by atoms with Crippen LogP contribution in [0.25, 0.3) is 0 Å². The van der Waals surface area contributed by atoms with Crippen molar-refractivity contribution in [1.82, 2.24) is 9.21 Å². The molecule has 0 radical (unpaired) electrons. The highest BCUT2D eigenvalue weighted by molar-refractivity contribution is 7.89. The van der Waals surface area contributed by atoms with Crippen LogP contribution < -0.4 is 10.1 Å². The number of sulfonamides is 1. The van der Waals surface area contributed by atoms with Crippen molar-refractivity contribution in [3.63, 3.8) is 0 Å². The Labute approximate surface area is 272 Å². The van der Waals surface area contributed by atoms with Gasteiger partial charge >= 0.3 is 0 Å². The van der Waals surface area contributed by atoms with Gasteiger partial charge in [0.25, 0.3) is 11.8 Å². The summed E-state index contributed by atoms with van der Waals surface area (Å²) >= 11 is 0. The van der Waals surface area contributed by atoms with Crippen LogP contribution in [-0.2, 0) is 14.8 Å². The Kier molecular flexibility index (Phi) is 12.3. The first-order chi connectivity index (χ1) is 22.0. The van der Waals surface area contributed by atoms with Gasteiger partial charge in [0, 0.05) is 43.9 Å². The lowest BCUT2D eigenvalue weighted by Gasteiger charge is -2.35. The molecule has 4 rings (SSSR count). The van der Waals surface area contributed by atoms with Crippen molar-refractivity contribution in [2.24, 2.45) is 5.92 Å². The van der Waals surface area contributed by atoms with E-state index in [-0.39, 0.29) is 54.0 Å². The molecule has 46 heavy (non-hydrogen) atoms. The van der Waals surface area contributed by atoms with E-state index in [9.17, 15) is 23.1 Å². The van der Waals surface area contributed by atoms with Crippen molar-refractivity contribution < 1.29 is 32.6 Å². The summed E-state index contributed by atoms with van der Waals surface area (Å²) in [5.41, 5.74) is 1.16. The number of carbonyl (C=O) groups excluding carboxylic acids is 2. The fraction of sp³-hybridized carbons (Fsp3) is 0.429. The van der Waals surface area contributed by atoms with Crippen molar-refractivity contribution in [2.75, 3.05) is 38.7 Å². The number of nitrogens with one attached hydrogen (secondary N) is 1. The molecule has 1 heterocycles. The molecule has 2 N–H and O–H groups in total. The normalized spacial score (nSPS) is 20.7. The fourth-order valence-electron chi connectivity index (χ4n) is 5.38. The topological polar surface area (TPSA) is 125 Å². The van der Waals surface area contributed by atoms with Gasteiger partial charge in [-0.3, -0.25) is 9.59 Å². The van der Waals surface area contributed by atoms with E-state index in [0.717, 1.165) is 12.8 Å². The van der Waals surface area contributed by atoms with Gasteiger partial charge < -0.3 is 24.8 Å². The number of ether oxygens (including phenoxy) is 2. The molecule has 0 saturated heterocycles. The van der Waals surface area contributed by atoms with Crippen LogP contribution in [0.3, 0.4) is 0 Å². The molecule has 2 amide bonds. The molecule has 0 fully saturated rings. The van der Waals surface area contributed by atoms with Gasteiger partial charge in [0.1, 0.15) is 5.75 Å². The van der Waals surface area contributed by atoms with Crippen LogP contribution in [0.15, 0.2) is 83.8 Å². The second-order valence-electron chi connectivity index (χ2n) is 11.9. The van der Waals surface area contributed by atoms with Gasteiger partial charge in [-0.05, 0) is 75.6 Å². The molecule has 4 atom stereocenters. The van der Waals surface area contributed by atoms with E-state index in [0.29, 0.717) is 30.0 Å². The molecule has 1 aliphatic rings. The highest BCUT2D eigenvalue weighted by atomic mass is 32.2. The van der Waals surface area contributed by atoms with Crippen LogP contribution in [0, 0.1) is 5.92 Å². The summed E-state index contributed by atoms with van der Waals surface area (Å²) in [4.78, 5) is 29.0. The maximum Gasteiger partial charge on any atom is 0.258 e. The van der Waals surface area contributed by atoms with Gasteiger partial charge in [0.15, 0.2) is 0 Å². The van der Waals surface area contributed by atoms with Gasteiger partial charge in [-0.15, -0.1) is 0 Å². The van der Waals surface area contributed by atoms with Gasteiger partial charge in [0.2, 0.25) is 10.0 Å². The third kappa shape index (κ3) is 8.94. The zero-order valence-electron chi connectivity index (χ0n) is 27.0. The number of amides is 2. The number of fused-ring (bicyclic) bond motifs is 1. The summed E-state index contributed by atoms with van der Waals surface area (Å²) in [7, 11) is -2.24. The molecule has 248 valence electrons. The van der Waals surface area contributed by atoms with Crippen LogP contribution in [0.4, 0.5) is 5.69 Å². The van der Waals surface area contributed by atoms with E-state index in [2.05, 4.69) is 5.32 Å². The minimum Gasteiger partial charge on any atom is -0.490 e. The van der Waals surface area contributed by atoms with Gasteiger partial charge in [-0.2, -0.15) is 4.31 Å². The first-order valence-electron chi connectivity index (χ1n) is 15.7. The van der Waals surface area contributed by atoms with Crippen LogP contribution in [-0.4, -0.2) is 86.1 Å². The Balaban J connectivity index is 1.65. The van der Waals surface area contributed by atoms with E-state index in [1.165, 1.54) is 11.4 Å². The Hall–Kier alpha value is -3.77. The monoisotopic (exact) mass is 651 g/mol. The van der Waals surface area contributed by atoms with E-state index in [1.54, 1.807) is 84.6 Å². The third-order valence-corrected chi connectivity index (χ3v) is 10.1. The Morgan fingerprint density at radius 1 is 1.04 bits per heavy atom. The van der Waals surface area contributed by atoms with Crippen molar-refractivity contribution in [3.8, 4) is 5.75 Å². The predicted octanol–water partition coefficient (Wildman–Crippen LogP) is 5.06. The smallest absolute Gasteiger partial charge is 0.258 e. The Morgan fingerprint density at radius 2 is 1.72 bits per heavy atom. The molecular weight excluding hydrogens is 606 g/mol. The molecule has 3 aromatic rings. The largest absolute Gasteiger partial charge is 0.490 e. The summed E-state index contributed by atoms with van der Waals surface area (Å²) in [5.74, 6) is -0.616. The molecule has 10 nitrogen and oxygen atoms in total. The molecule has 1 aliphatic heterocycles. The molecule has 3 aromatic carbocycles. The lowest BCUT2D eigenvalue weighted by atomic mass is 10.0. The number of anilines is 1. The average Bonchev–Trinajstić information content (AvgIpc) is 3.06. The van der Waals surface area contributed by atoms with Gasteiger partial charge in [-0.25, -0.2) is 8.42 Å². The number of carbonyl (C=O) groups is 2. The van der Waals surface area contributed by atoms with E-state index >= 15 is 0 Å². The number of aliphatic hydroxyl groups is 1. The first kappa shape index (κ1) is 35.1. The molecule has 0 saturated carbocycles. The third-order valence-electron chi connectivity index (χ3n) is 8.23. The van der Waals surface area contributed by atoms with Crippen LogP contribution in [0.2, 0.25) is 0 Å². The summed E-state index contributed by atoms with van der Waals surface area (Å²) in [6.07, 6.45) is 1.53. The van der Waals surface area contributed by atoms with Crippen LogP contribution >= 0.6 is 0 Å². The Morgan fingerprint density at radius 3 is 2.39 bits per heavy atom. The lowest BCUT2D eigenvalue weighted by Crippen LogP contribution is -2.48. The van der Waals surface area contributed by atoms with Crippen molar-refractivity contribution in [3.05, 3.63) is 90.0 Å². The second-order valence-corrected chi connectivity index (χ2v) is 14.0. The highest BCUT2D eigenvalue weighted by Gasteiger charge is 2.32. The molecule has 0 aromatic heterocycles. The fourth-order valence-corrected chi connectivity index (χ4v) is 6.58. The number of aliphatic hydroxyl groups excluding tert-OH is 1. The number of likely N-dealkylation sites (N-methyl/N-ethyl adjacent to an activating group) is 1. The van der Waals surface area contributed by atoms with Gasteiger partial charge in [0.05, 0.1) is 35.3 Å². The zero-order valence-corrected chi connectivity index (χ0v) is 27.8. The number of rotatable bonds is 8. The maximum atomic E-state index is 14.3. The van der Waals surface area contributed by atoms with Crippen LogP contribution in [0.5, 0.6) is 5.75 Å². The molecule has 0 aliphatic carbocycles. The minimum absolute atomic E-state index is 0.0830. The van der Waals surface area contributed by atoms with E-state index in [4.69, 9.17) is 9.47 Å². The number of benzene rings is 3. The molecule has 0 unspecified atom stereocenters. The lowest BCUT2D eigenvalue weighted by molar-refractivity contribution is -0.00834. The molecular formula is C35H45N3O7S. The molecule has 0 bridgehead atoms. The average molecular weight is 652 g/mol. The zero-order chi connectivity index (χ0) is 33.3. The predicted molar refractivity (Wildman–Crippen MR) is 178 cm³/mol. The number of hydrogen-bond donors (Lipinski definition) is 2. The van der Waals surface area contributed by atoms with E-state index < -0.39 is 22.2 Å². The van der Waals surface area contributed by atoms with Crippen LogP contribution in [0.1, 0.15) is 60.7 Å². The van der Waals surface area contributed by atoms with Crippen molar-refractivity contribution >= 4 is 27.5 Å². The van der Waals surface area contributed by atoms with Crippen molar-refractivity contribution in [2.45, 2.75) is 63.2 Å². The summed E-state index contributed by atoms with van der Waals surface area (Å²) < 4.78 is 40.6.